The Bertz CT molecular complexity index is 1200. The van der Waals surface area contributed by atoms with Crippen molar-refractivity contribution in [3.63, 3.8) is 0 Å². The normalized spacial score (nSPS) is 10.6. The molecule has 0 aliphatic carbocycles. The Morgan fingerprint density at radius 2 is 0.917 bits per heavy atom. The molecule has 36 heavy (non-hydrogen) atoms. The van der Waals surface area contributed by atoms with Crippen LogP contribution >= 0.6 is 0 Å². The van der Waals surface area contributed by atoms with Crippen LogP contribution in [0, 0.1) is 13.8 Å². The zero-order valence-corrected chi connectivity index (χ0v) is 20.9. The summed E-state index contributed by atoms with van der Waals surface area (Å²) >= 11 is 0. The lowest BCUT2D eigenvalue weighted by atomic mass is 10.1. The van der Waals surface area contributed by atoms with Crippen LogP contribution in [0.5, 0.6) is 0 Å². The first-order valence-electron chi connectivity index (χ1n) is 12.3. The number of hydrogen-bond acceptors (Lipinski definition) is 2. The molecule has 4 aromatic rings. The van der Waals surface area contributed by atoms with Crippen LogP contribution in [0.25, 0.3) is 0 Å². The molecule has 0 aliphatic heterocycles. The van der Waals surface area contributed by atoms with E-state index in [1.807, 2.05) is 133 Å². The molecule has 0 unspecified atom stereocenters. The number of rotatable bonds is 9. The topological polar surface area (TPSA) is 40.6 Å². The second-order valence-electron chi connectivity index (χ2n) is 9.16. The SMILES string of the molecule is Cc1cccc(C(=O)N(CCN(Cc2ccccc2)C(=O)c2cccc(C)c2)Cc2ccccc2)c1. The third-order valence-corrected chi connectivity index (χ3v) is 6.18. The van der Waals surface area contributed by atoms with Crippen molar-refractivity contribution < 1.29 is 9.59 Å². The van der Waals surface area contributed by atoms with E-state index in [2.05, 4.69) is 0 Å². The second kappa shape index (κ2) is 12.0. The molecule has 0 fully saturated rings. The number of amides is 2. The molecule has 0 saturated heterocycles. The molecule has 4 heteroatoms. The average Bonchev–Trinajstić information content (AvgIpc) is 2.90. The van der Waals surface area contributed by atoms with Gasteiger partial charge in [0.15, 0.2) is 0 Å². The van der Waals surface area contributed by atoms with Crippen LogP contribution < -0.4 is 0 Å². The van der Waals surface area contributed by atoms with Crippen LogP contribution in [0.4, 0.5) is 0 Å². The molecule has 0 N–H and O–H groups in total. The van der Waals surface area contributed by atoms with E-state index in [0.29, 0.717) is 37.3 Å². The highest BCUT2D eigenvalue weighted by Gasteiger charge is 2.21. The number of aryl methyl sites for hydroxylation is 2. The fraction of sp³-hybridized carbons (Fsp3) is 0.188. The summed E-state index contributed by atoms with van der Waals surface area (Å²) in [6, 6.07) is 35.3. The lowest BCUT2D eigenvalue weighted by Crippen LogP contribution is -2.40. The summed E-state index contributed by atoms with van der Waals surface area (Å²) in [6.07, 6.45) is 0. The first-order chi connectivity index (χ1) is 17.5. The van der Waals surface area contributed by atoms with Crippen LogP contribution in [0.15, 0.2) is 109 Å². The maximum absolute atomic E-state index is 13.6. The standard InChI is InChI=1S/C32H32N2O2/c1-25-11-9-17-29(21-25)31(35)33(23-27-13-5-3-6-14-27)19-20-34(24-28-15-7-4-8-16-28)32(36)30-18-10-12-26(2)22-30/h3-18,21-22H,19-20,23-24H2,1-2H3. The Labute approximate surface area is 213 Å². The van der Waals surface area contributed by atoms with Gasteiger partial charge in [-0.2, -0.15) is 0 Å². The van der Waals surface area contributed by atoms with Crippen molar-refractivity contribution in [1.29, 1.82) is 0 Å². The fourth-order valence-electron chi connectivity index (χ4n) is 4.28. The first-order valence-corrected chi connectivity index (χ1v) is 12.3. The summed E-state index contributed by atoms with van der Waals surface area (Å²) < 4.78 is 0. The van der Waals surface area contributed by atoms with Gasteiger partial charge in [0.25, 0.3) is 11.8 Å². The summed E-state index contributed by atoms with van der Waals surface area (Å²) in [5.74, 6) is -0.0737. The molecule has 4 nitrogen and oxygen atoms in total. The maximum Gasteiger partial charge on any atom is 0.254 e. The molecule has 0 aliphatic rings. The monoisotopic (exact) mass is 476 g/mol. The van der Waals surface area contributed by atoms with Crippen LogP contribution in [-0.2, 0) is 13.1 Å². The van der Waals surface area contributed by atoms with Crippen molar-refractivity contribution in [3.8, 4) is 0 Å². The second-order valence-corrected chi connectivity index (χ2v) is 9.16. The molecule has 0 bridgehead atoms. The molecular weight excluding hydrogens is 444 g/mol. The van der Waals surface area contributed by atoms with Crippen molar-refractivity contribution in [2.75, 3.05) is 13.1 Å². The molecule has 0 aromatic heterocycles. The molecule has 182 valence electrons. The van der Waals surface area contributed by atoms with Crippen molar-refractivity contribution in [2.24, 2.45) is 0 Å². The Balaban J connectivity index is 1.59. The fourth-order valence-corrected chi connectivity index (χ4v) is 4.28. The van der Waals surface area contributed by atoms with Gasteiger partial charge in [0.05, 0.1) is 0 Å². The van der Waals surface area contributed by atoms with Gasteiger partial charge in [-0.25, -0.2) is 0 Å². The number of nitrogens with zero attached hydrogens (tertiary/aromatic N) is 2. The summed E-state index contributed by atoms with van der Waals surface area (Å²) in [4.78, 5) is 30.8. The van der Waals surface area contributed by atoms with Gasteiger partial charge in [0, 0.05) is 37.3 Å². The van der Waals surface area contributed by atoms with Gasteiger partial charge in [0.2, 0.25) is 0 Å². The van der Waals surface area contributed by atoms with E-state index < -0.39 is 0 Å². The smallest absolute Gasteiger partial charge is 0.254 e. The van der Waals surface area contributed by atoms with Crippen molar-refractivity contribution in [3.05, 3.63) is 143 Å². The summed E-state index contributed by atoms with van der Waals surface area (Å²) in [5, 5.41) is 0. The van der Waals surface area contributed by atoms with Crippen molar-refractivity contribution >= 4 is 11.8 Å². The van der Waals surface area contributed by atoms with E-state index >= 15 is 0 Å². The average molecular weight is 477 g/mol. The largest absolute Gasteiger partial charge is 0.333 e. The third-order valence-electron chi connectivity index (χ3n) is 6.18. The van der Waals surface area contributed by atoms with Crippen molar-refractivity contribution in [1.82, 2.24) is 9.80 Å². The molecule has 4 rings (SSSR count). The Hall–Kier alpha value is -4.18. The Kier molecular flexibility index (Phi) is 8.30. The van der Waals surface area contributed by atoms with Crippen LogP contribution in [0.3, 0.4) is 0 Å². The Morgan fingerprint density at radius 3 is 1.28 bits per heavy atom. The Morgan fingerprint density at radius 1 is 0.528 bits per heavy atom. The summed E-state index contributed by atoms with van der Waals surface area (Å²) in [6.45, 7) is 5.77. The quantitative estimate of drug-likeness (QED) is 0.285. The predicted molar refractivity (Wildman–Crippen MR) is 145 cm³/mol. The number of hydrogen-bond donors (Lipinski definition) is 0. The van der Waals surface area contributed by atoms with Gasteiger partial charge >= 0.3 is 0 Å². The van der Waals surface area contributed by atoms with Gasteiger partial charge in [-0.1, -0.05) is 96.1 Å². The number of carbonyl (C=O) groups is 2. The minimum atomic E-state index is -0.0368. The van der Waals surface area contributed by atoms with E-state index in [1.165, 1.54) is 0 Å². The van der Waals surface area contributed by atoms with E-state index in [4.69, 9.17) is 0 Å². The molecule has 0 saturated carbocycles. The van der Waals surface area contributed by atoms with Crippen LogP contribution in [0.1, 0.15) is 43.0 Å². The minimum Gasteiger partial charge on any atom is -0.333 e. The molecule has 0 spiro atoms. The zero-order valence-electron chi connectivity index (χ0n) is 20.9. The first kappa shape index (κ1) is 24.9. The molecule has 2 amide bonds. The predicted octanol–water partition coefficient (Wildman–Crippen LogP) is 6.29. The molecule has 0 radical (unpaired) electrons. The third kappa shape index (κ3) is 6.70. The number of benzene rings is 4. The summed E-state index contributed by atoms with van der Waals surface area (Å²) in [5.41, 5.74) is 5.51. The highest BCUT2D eigenvalue weighted by Crippen LogP contribution is 2.15. The lowest BCUT2D eigenvalue weighted by Gasteiger charge is -2.29. The highest BCUT2D eigenvalue weighted by molar-refractivity contribution is 5.95. The zero-order chi connectivity index (χ0) is 25.3. The molecule has 0 heterocycles. The van der Waals surface area contributed by atoms with Crippen LogP contribution in [-0.4, -0.2) is 34.7 Å². The molecular formula is C32H32N2O2. The lowest BCUT2D eigenvalue weighted by molar-refractivity contribution is 0.0644. The van der Waals surface area contributed by atoms with Crippen molar-refractivity contribution in [2.45, 2.75) is 26.9 Å². The van der Waals surface area contributed by atoms with Gasteiger partial charge in [-0.15, -0.1) is 0 Å². The van der Waals surface area contributed by atoms with E-state index in [0.717, 1.165) is 22.3 Å². The van der Waals surface area contributed by atoms with E-state index in [9.17, 15) is 9.59 Å². The maximum atomic E-state index is 13.6. The van der Waals surface area contributed by atoms with Gasteiger partial charge in [-0.05, 0) is 49.2 Å². The number of carbonyl (C=O) groups excluding carboxylic acids is 2. The summed E-state index contributed by atoms with van der Waals surface area (Å²) in [7, 11) is 0. The molecule has 4 aromatic carbocycles. The van der Waals surface area contributed by atoms with E-state index in [1.54, 1.807) is 0 Å². The van der Waals surface area contributed by atoms with Crippen LogP contribution in [0.2, 0.25) is 0 Å². The van der Waals surface area contributed by atoms with Gasteiger partial charge < -0.3 is 9.80 Å². The van der Waals surface area contributed by atoms with E-state index in [-0.39, 0.29) is 11.8 Å². The highest BCUT2D eigenvalue weighted by atomic mass is 16.2. The minimum absolute atomic E-state index is 0.0368. The van der Waals surface area contributed by atoms with Gasteiger partial charge in [-0.3, -0.25) is 9.59 Å². The van der Waals surface area contributed by atoms with Gasteiger partial charge in [0.1, 0.15) is 0 Å². The molecule has 0 atom stereocenters.